The number of rotatable bonds is 8. The topological polar surface area (TPSA) is 89.1 Å². The van der Waals surface area contributed by atoms with Crippen LogP contribution in [0.3, 0.4) is 0 Å². The molecule has 2 aromatic rings. The van der Waals surface area contributed by atoms with E-state index in [1.54, 1.807) is 6.92 Å². The van der Waals surface area contributed by atoms with Crippen LogP contribution >= 0.6 is 0 Å². The van der Waals surface area contributed by atoms with Crippen molar-refractivity contribution < 1.29 is 23.8 Å². The molecule has 0 aromatic heterocycles. The van der Waals surface area contributed by atoms with E-state index in [9.17, 15) is 9.59 Å². The summed E-state index contributed by atoms with van der Waals surface area (Å²) in [5.41, 5.74) is -0.480. The van der Waals surface area contributed by atoms with Crippen molar-refractivity contribution in [2.75, 3.05) is 32.8 Å². The van der Waals surface area contributed by atoms with Crippen LogP contribution in [0.15, 0.2) is 54.6 Å². The predicted molar refractivity (Wildman–Crippen MR) is 133 cm³/mol. The number of ether oxygens (including phenoxy) is 3. The van der Waals surface area contributed by atoms with Crippen molar-refractivity contribution in [3.8, 4) is 11.5 Å². The minimum Gasteiger partial charge on any atom is -0.486 e. The first-order chi connectivity index (χ1) is 17.0. The lowest BCUT2D eigenvalue weighted by molar-refractivity contribution is -0.129. The Morgan fingerprint density at radius 1 is 1.09 bits per heavy atom. The average molecular weight is 482 g/mol. The van der Waals surface area contributed by atoms with Crippen LogP contribution < -0.4 is 20.1 Å². The van der Waals surface area contributed by atoms with Gasteiger partial charge in [0.25, 0.3) is 5.91 Å². The highest BCUT2D eigenvalue weighted by atomic mass is 16.6. The predicted octanol–water partition coefficient (Wildman–Crippen LogP) is 3.46. The number of carbonyl (C=O) groups is 2. The van der Waals surface area contributed by atoms with E-state index < -0.39 is 11.6 Å². The van der Waals surface area contributed by atoms with Gasteiger partial charge in [0.15, 0.2) is 11.5 Å². The Kier molecular flexibility index (Phi) is 8.13. The molecule has 2 aliphatic rings. The molecule has 0 saturated carbocycles. The van der Waals surface area contributed by atoms with Gasteiger partial charge in [0.2, 0.25) is 0 Å². The first kappa shape index (κ1) is 24.9. The third-order valence-electron chi connectivity index (χ3n) is 6.65. The first-order valence-corrected chi connectivity index (χ1v) is 12.5. The molecule has 0 spiro atoms. The number of alkyl carbamates (subject to hydrolysis) is 1. The molecule has 4 rings (SSSR count). The number of piperidine rings is 1. The molecule has 2 aromatic carbocycles. The van der Waals surface area contributed by atoms with E-state index in [-0.39, 0.29) is 24.7 Å². The second kappa shape index (κ2) is 11.4. The maximum absolute atomic E-state index is 13.7. The van der Waals surface area contributed by atoms with E-state index in [2.05, 4.69) is 15.5 Å². The number of hydrogen-bond acceptors (Lipinski definition) is 6. The van der Waals surface area contributed by atoms with Gasteiger partial charge in [-0.2, -0.15) is 0 Å². The van der Waals surface area contributed by atoms with Gasteiger partial charge in [-0.1, -0.05) is 49.4 Å². The second-order valence-electron chi connectivity index (χ2n) is 9.04. The van der Waals surface area contributed by atoms with Gasteiger partial charge in [-0.25, -0.2) is 4.79 Å². The molecule has 1 fully saturated rings. The van der Waals surface area contributed by atoms with E-state index in [0.29, 0.717) is 19.6 Å². The standard InChI is InChI=1S/C27H35N3O5/c1-3-27(29-26(32)33-4-2,20-11-6-5-7-12-20)25(31)28-21-13-10-16-30(17-21)18-22-19-34-23-14-8-9-15-24(23)35-22/h5-9,11-12,14-15,21-22H,3-4,10,13,16-19H2,1-2H3,(H,28,31)(H,29,32)/t21-,22-,27?/m0/s1. The van der Waals surface area contributed by atoms with Crippen LogP contribution in [0, 0.1) is 0 Å². The van der Waals surface area contributed by atoms with Crippen LogP contribution in [0.2, 0.25) is 0 Å². The number of likely N-dealkylation sites (tertiary alicyclic amines) is 1. The molecule has 0 bridgehead atoms. The molecular weight excluding hydrogens is 446 g/mol. The smallest absolute Gasteiger partial charge is 0.408 e. The summed E-state index contributed by atoms with van der Waals surface area (Å²) >= 11 is 0. The van der Waals surface area contributed by atoms with Gasteiger partial charge in [-0.3, -0.25) is 9.69 Å². The number of fused-ring (bicyclic) bond motifs is 1. The van der Waals surface area contributed by atoms with Gasteiger partial charge in [0.1, 0.15) is 18.2 Å². The van der Waals surface area contributed by atoms with Gasteiger partial charge in [-0.05, 0) is 50.4 Å². The zero-order valence-corrected chi connectivity index (χ0v) is 20.5. The fourth-order valence-electron chi connectivity index (χ4n) is 4.87. The lowest BCUT2D eigenvalue weighted by Gasteiger charge is -2.39. The van der Waals surface area contributed by atoms with Crippen LogP contribution in [0.5, 0.6) is 11.5 Å². The van der Waals surface area contributed by atoms with Crippen molar-refractivity contribution in [1.29, 1.82) is 0 Å². The minimum absolute atomic E-state index is 0.0355. The highest BCUT2D eigenvalue weighted by molar-refractivity contribution is 5.91. The van der Waals surface area contributed by atoms with E-state index in [4.69, 9.17) is 14.2 Å². The third-order valence-corrected chi connectivity index (χ3v) is 6.65. The molecule has 3 atom stereocenters. The molecule has 2 aliphatic heterocycles. The van der Waals surface area contributed by atoms with E-state index in [1.807, 2.05) is 61.5 Å². The molecule has 0 radical (unpaired) electrons. The van der Waals surface area contributed by atoms with Gasteiger partial charge < -0.3 is 24.8 Å². The summed E-state index contributed by atoms with van der Waals surface area (Å²) in [7, 11) is 0. The van der Waals surface area contributed by atoms with Crippen molar-refractivity contribution in [3.05, 3.63) is 60.2 Å². The molecule has 188 valence electrons. The second-order valence-corrected chi connectivity index (χ2v) is 9.04. The number of amides is 2. The van der Waals surface area contributed by atoms with E-state index in [0.717, 1.165) is 43.0 Å². The van der Waals surface area contributed by atoms with Gasteiger partial charge >= 0.3 is 6.09 Å². The Balaban J connectivity index is 1.41. The summed E-state index contributed by atoms with van der Waals surface area (Å²) in [5, 5.41) is 6.07. The molecule has 2 amide bonds. The molecule has 8 nitrogen and oxygen atoms in total. The van der Waals surface area contributed by atoms with Gasteiger partial charge in [-0.15, -0.1) is 0 Å². The van der Waals surface area contributed by atoms with Crippen LogP contribution in [-0.4, -0.2) is 61.9 Å². The number of hydrogen-bond donors (Lipinski definition) is 2. The summed E-state index contributed by atoms with van der Waals surface area (Å²) < 4.78 is 17.1. The lowest BCUT2D eigenvalue weighted by atomic mass is 9.85. The Bertz CT molecular complexity index is 1000. The zero-order chi connectivity index (χ0) is 24.7. The molecule has 0 aliphatic carbocycles. The molecule has 1 unspecified atom stereocenters. The molecular formula is C27H35N3O5. The monoisotopic (exact) mass is 481 g/mol. The van der Waals surface area contributed by atoms with Crippen molar-refractivity contribution in [2.24, 2.45) is 0 Å². The number of benzene rings is 2. The summed E-state index contributed by atoms with van der Waals surface area (Å²) in [6.45, 7) is 6.74. The molecule has 2 N–H and O–H groups in total. The van der Waals surface area contributed by atoms with Crippen molar-refractivity contribution in [3.63, 3.8) is 0 Å². The number of carbonyl (C=O) groups excluding carboxylic acids is 2. The Hall–Kier alpha value is -3.26. The van der Waals surface area contributed by atoms with Crippen molar-refractivity contribution in [2.45, 2.75) is 50.8 Å². The Morgan fingerprint density at radius 2 is 1.83 bits per heavy atom. The SMILES string of the molecule is CCOC(=O)NC(CC)(C(=O)N[C@H]1CCCN(C[C@H]2COc3ccccc3O2)C1)c1ccccc1. The lowest BCUT2D eigenvalue weighted by Crippen LogP contribution is -2.60. The quantitative estimate of drug-likeness (QED) is 0.600. The zero-order valence-electron chi connectivity index (χ0n) is 20.5. The minimum atomic E-state index is -1.21. The Labute approximate surface area is 206 Å². The Morgan fingerprint density at radius 3 is 2.57 bits per heavy atom. The number of nitrogens with one attached hydrogen (secondary N) is 2. The largest absolute Gasteiger partial charge is 0.486 e. The summed E-state index contributed by atoms with van der Waals surface area (Å²) in [6.07, 6.45) is 1.56. The normalized spacial score (nSPS) is 21.4. The van der Waals surface area contributed by atoms with Crippen LogP contribution in [0.4, 0.5) is 4.79 Å². The van der Waals surface area contributed by atoms with Gasteiger partial charge in [0.05, 0.1) is 6.61 Å². The van der Waals surface area contributed by atoms with Crippen LogP contribution in [-0.2, 0) is 15.1 Å². The summed E-state index contributed by atoms with van der Waals surface area (Å²) in [4.78, 5) is 28.4. The van der Waals surface area contributed by atoms with E-state index >= 15 is 0 Å². The van der Waals surface area contributed by atoms with Crippen LogP contribution in [0.25, 0.3) is 0 Å². The number of para-hydroxylation sites is 2. The highest BCUT2D eigenvalue weighted by Crippen LogP contribution is 2.31. The molecule has 35 heavy (non-hydrogen) atoms. The molecule has 1 saturated heterocycles. The molecule has 8 heteroatoms. The van der Waals surface area contributed by atoms with Crippen LogP contribution in [0.1, 0.15) is 38.7 Å². The average Bonchev–Trinajstić information content (AvgIpc) is 2.88. The molecule has 2 heterocycles. The maximum atomic E-state index is 13.7. The van der Waals surface area contributed by atoms with E-state index in [1.165, 1.54) is 0 Å². The van der Waals surface area contributed by atoms with Gasteiger partial charge in [0, 0.05) is 19.1 Å². The fraction of sp³-hybridized carbons (Fsp3) is 0.481. The third kappa shape index (κ3) is 5.88. The summed E-state index contributed by atoms with van der Waals surface area (Å²) in [6, 6.07) is 17.0. The fourth-order valence-corrected chi connectivity index (χ4v) is 4.87. The first-order valence-electron chi connectivity index (χ1n) is 12.5. The maximum Gasteiger partial charge on any atom is 0.408 e. The van der Waals surface area contributed by atoms with Crippen molar-refractivity contribution >= 4 is 12.0 Å². The summed E-state index contributed by atoms with van der Waals surface area (Å²) in [5.74, 6) is 1.32. The highest BCUT2D eigenvalue weighted by Gasteiger charge is 2.42. The van der Waals surface area contributed by atoms with Crippen molar-refractivity contribution in [1.82, 2.24) is 15.5 Å². The number of nitrogens with zero attached hydrogens (tertiary/aromatic N) is 1.